The van der Waals surface area contributed by atoms with Crippen LogP contribution in [-0.4, -0.2) is 33.3 Å². The topological polar surface area (TPSA) is 89.1 Å². The minimum absolute atomic E-state index is 0.321. The third kappa shape index (κ3) is 1.49. The lowest BCUT2D eigenvalue weighted by Crippen LogP contribution is -2.28. The number of rotatable bonds is 3. The summed E-state index contributed by atoms with van der Waals surface area (Å²) in [5.41, 5.74) is 5.31. The van der Waals surface area contributed by atoms with Gasteiger partial charge in [0, 0.05) is 24.0 Å². The van der Waals surface area contributed by atoms with E-state index in [-0.39, 0.29) is 6.04 Å². The predicted octanol–water partition coefficient (Wildman–Crippen LogP) is 0.252. The van der Waals surface area contributed by atoms with E-state index in [4.69, 9.17) is 10.8 Å². The Morgan fingerprint density at radius 3 is 2.53 bits per heavy atom. The summed E-state index contributed by atoms with van der Waals surface area (Å²) < 4.78 is 0. The lowest BCUT2D eigenvalue weighted by molar-refractivity contribution is -0.140. The number of hydrogen-bond donors (Lipinski definition) is 2. The van der Waals surface area contributed by atoms with Crippen LogP contribution in [0.3, 0.4) is 0 Å². The van der Waals surface area contributed by atoms with Gasteiger partial charge in [-0.3, -0.25) is 4.79 Å². The van der Waals surface area contributed by atoms with Gasteiger partial charge in [0.2, 0.25) is 0 Å². The fourth-order valence-electron chi connectivity index (χ4n) is 1.64. The molecule has 0 saturated heterocycles. The standard InChI is InChI=1S/C9H11N3O2S/c1-15-8-11-3-5(4-12-8)9(7(13)14)2-6(9)10/h3-4,6H,2,10H2,1H3,(H,13,14). The molecule has 0 spiro atoms. The number of thioether (sulfide) groups is 1. The van der Waals surface area contributed by atoms with Crippen molar-refractivity contribution in [1.82, 2.24) is 9.97 Å². The summed E-state index contributed by atoms with van der Waals surface area (Å²) in [7, 11) is 0. The van der Waals surface area contributed by atoms with Crippen molar-refractivity contribution in [3.8, 4) is 0 Å². The van der Waals surface area contributed by atoms with Gasteiger partial charge < -0.3 is 10.8 Å². The Hall–Kier alpha value is -1.14. The molecule has 1 aliphatic carbocycles. The summed E-state index contributed by atoms with van der Waals surface area (Å²) in [6.07, 6.45) is 5.44. The van der Waals surface area contributed by atoms with E-state index >= 15 is 0 Å². The highest BCUT2D eigenvalue weighted by molar-refractivity contribution is 7.98. The molecule has 15 heavy (non-hydrogen) atoms. The van der Waals surface area contributed by atoms with Crippen LogP contribution in [0.15, 0.2) is 17.6 Å². The minimum atomic E-state index is -0.947. The molecule has 6 heteroatoms. The fraction of sp³-hybridized carbons (Fsp3) is 0.444. The SMILES string of the molecule is CSc1ncc(C2(C(=O)O)CC2N)cn1. The van der Waals surface area contributed by atoms with E-state index in [1.165, 1.54) is 11.8 Å². The van der Waals surface area contributed by atoms with E-state index in [1.54, 1.807) is 12.4 Å². The quantitative estimate of drug-likeness (QED) is 0.566. The highest BCUT2D eigenvalue weighted by Crippen LogP contribution is 2.46. The lowest BCUT2D eigenvalue weighted by Gasteiger charge is -2.10. The molecule has 0 amide bonds. The molecule has 1 fully saturated rings. The minimum Gasteiger partial charge on any atom is -0.481 e. The molecule has 0 bridgehead atoms. The maximum atomic E-state index is 11.1. The highest BCUT2D eigenvalue weighted by atomic mass is 32.2. The van der Waals surface area contributed by atoms with Crippen LogP contribution in [0.2, 0.25) is 0 Å². The summed E-state index contributed by atoms with van der Waals surface area (Å²) in [6, 6.07) is -0.321. The molecule has 3 N–H and O–H groups in total. The van der Waals surface area contributed by atoms with Gasteiger partial charge in [0.15, 0.2) is 5.16 Å². The number of nitrogens with zero attached hydrogens (tertiary/aromatic N) is 2. The molecule has 1 saturated carbocycles. The molecule has 1 aromatic heterocycles. The first-order valence-electron chi connectivity index (χ1n) is 4.46. The maximum absolute atomic E-state index is 11.1. The van der Waals surface area contributed by atoms with Gasteiger partial charge in [-0.15, -0.1) is 0 Å². The van der Waals surface area contributed by atoms with Crippen molar-refractivity contribution < 1.29 is 9.90 Å². The molecular formula is C9H11N3O2S. The highest BCUT2D eigenvalue weighted by Gasteiger charge is 2.60. The van der Waals surface area contributed by atoms with Crippen molar-refractivity contribution in [2.45, 2.75) is 23.0 Å². The Morgan fingerprint density at radius 1 is 1.67 bits per heavy atom. The molecule has 1 aromatic rings. The second-order valence-electron chi connectivity index (χ2n) is 3.55. The Labute approximate surface area is 91.1 Å². The number of carboxylic acids is 1. The maximum Gasteiger partial charge on any atom is 0.315 e. The van der Waals surface area contributed by atoms with Crippen molar-refractivity contribution in [1.29, 1.82) is 0 Å². The number of carboxylic acid groups (broad SMARTS) is 1. The number of aromatic nitrogens is 2. The van der Waals surface area contributed by atoms with Crippen molar-refractivity contribution in [3.05, 3.63) is 18.0 Å². The number of aliphatic carboxylic acids is 1. The number of nitrogens with two attached hydrogens (primary N) is 1. The molecule has 5 nitrogen and oxygen atoms in total. The molecule has 1 aliphatic rings. The van der Waals surface area contributed by atoms with Crippen LogP contribution in [0, 0.1) is 0 Å². The van der Waals surface area contributed by atoms with Crippen LogP contribution < -0.4 is 5.73 Å². The molecule has 2 atom stereocenters. The largest absolute Gasteiger partial charge is 0.481 e. The summed E-state index contributed by atoms with van der Waals surface area (Å²) in [5, 5.41) is 9.75. The Balaban J connectivity index is 2.33. The number of hydrogen-bond acceptors (Lipinski definition) is 5. The van der Waals surface area contributed by atoms with Gasteiger partial charge in [-0.2, -0.15) is 0 Å². The van der Waals surface area contributed by atoms with Gasteiger partial charge >= 0.3 is 5.97 Å². The van der Waals surface area contributed by atoms with Crippen LogP contribution in [0.5, 0.6) is 0 Å². The van der Waals surface area contributed by atoms with Crippen molar-refractivity contribution in [2.24, 2.45) is 5.73 Å². The zero-order valence-electron chi connectivity index (χ0n) is 8.17. The fourth-order valence-corrected chi connectivity index (χ4v) is 1.96. The van der Waals surface area contributed by atoms with Crippen molar-refractivity contribution in [2.75, 3.05) is 6.26 Å². The average Bonchev–Trinajstić information content (AvgIpc) is 2.92. The molecule has 0 aliphatic heterocycles. The lowest BCUT2D eigenvalue weighted by atomic mass is 9.99. The summed E-state index contributed by atoms with van der Waals surface area (Å²) in [4.78, 5) is 19.2. The van der Waals surface area contributed by atoms with E-state index < -0.39 is 11.4 Å². The normalized spacial score (nSPS) is 28.8. The van der Waals surface area contributed by atoms with Gasteiger partial charge in [0.25, 0.3) is 0 Å². The van der Waals surface area contributed by atoms with Crippen LogP contribution in [0.1, 0.15) is 12.0 Å². The van der Waals surface area contributed by atoms with Gasteiger partial charge in [-0.1, -0.05) is 11.8 Å². The van der Waals surface area contributed by atoms with E-state index in [2.05, 4.69) is 9.97 Å². The first kappa shape index (κ1) is 10.4. The molecular weight excluding hydrogens is 214 g/mol. The second kappa shape index (κ2) is 3.46. The van der Waals surface area contributed by atoms with E-state index in [0.29, 0.717) is 17.1 Å². The molecule has 0 radical (unpaired) electrons. The third-order valence-corrected chi connectivity index (χ3v) is 3.30. The van der Waals surface area contributed by atoms with Crippen molar-refractivity contribution >= 4 is 17.7 Å². The number of carbonyl (C=O) groups is 1. The molecule has 0 aromatic carbocycles. The Morgan fingerprint density at radius 2 is 2.20 bits per heavy atom. The molecule has 80 valence electrons. The molecule has 2 rings (SSSR count). The average molecular weight is 225 g/mol. The third-order valence-electron chi connectivity index (χ3n) is 2.72. The van der Waals surface area contributed by atoms with E-state index in [0.717, 1.165) is 0 Å². The zero-order chi connectivity index (χ0) is 11.1. The predicted molar refractivity (Wildman–Crippen MR) is 55.7 cm³/mol. The Bertz CT molecular complexity index is 395. The first-order valence-corrected chi connectivity index (χ1v) is 5.69. The monoisotopic (exact) mass is 225 g/mol. The second-order valence-corrected chi connectivity index (χ2v) is 4.32. The van der Waals surface area contributed by atoms with Crippen LogP contribution in [-0.2, 0) is 10.2 Å². The zero-order valence-corrected chi connectivity index (χ0v) is 8.99. The molecule has 2 unspecified atom stereocenters. The van der Waals surface area contributed by atoms with Crippen LogP contribution in [0.4, 0.5) is 0 Å². The van der Waals surface area contributed by atoms with Gasteiger partial charge in [0.05, 0.1) is 0 Å². The summed E-state index contributed by atoms with van der Waals surface area (Å²) in [6.45, 7) is 0. The van der Waals surface area contributed by atoms with E-state index in [9.17, 15) is 4.79 Å². The smallest absolute Gasteiger partial charge is 0.315 e. The first-order chi connectivity index (χ1) is 7.11. The van der Waals surface area contributed by atoms with Crippen LogP contribution >= 0.6 is 11.8 Å². The molecule has 1 heterocycles. The Kier molecular flexibility index (Phi) is 2.40. The van der Waals surface area contributed by atoms with Gasteiger partial charge in [-0.25, -0.2) is 9.97 Å². The van der Waals surface area contributed by atoms with Gasteiger partial charge in [0.1, 0.15) is 5.41 Å². The van der Waals surface area contributed by atoms with Crippen molar-refractivity contribution in [3.63, 3.8) is 0 Å². The summed E-state index contributed by atoms with van der Waals surface area (Å²) in [5.74, 6) is -0.893. The van der Waals surface area contributed by atoms with E-state index in [1.807, 2.05) is 6.26 Å². The summed E-state index contributed by atoms with van der Waals surface area (Å²) >= 11 is 1.42. The van der Waals surface area contributed by atoms with Gasteiger partial charge in [-0.05, 0) is 12.7 Å². The van der Waals surface area contributed by atoms with Crippen LogP contribution in [0.25, 0.3) is 0 Å².